The van der Waals surface area contributed by atoms with E-state index in [9.17, 15) is 9.59 Å². The van der Waals surface area contributed by atoms with Gasteiger partial charge in [0.1, 0.15) is 5.54 Å². The van der Waals surface area contributed by atoms with E-state index in [0.29, 0.717) is 26.3 Å². The molecule has 1 aliphatic rings. The van der Waals surface area contributed by atoms with E-state index in [2.05, 4.69) is 0 Å². The topological polar surface area (TPSA) is 70.1 Å². The molecular formula is C11H20N2O4. The molecule has 1 amide bonds. The first kappa shape index (κ1) is 13.9. The van der Waals surface area contributed by atoms with Crippen LogP contribution in [0.1, 0.15) is 13.8 Å². The summed E-state index contributed by atoms with van der Waals surface area (Å²) in [5, 5.41) is 9.05. The summed E-state index contributed by atoms with van der Waals surface area (Å²) in [6.07, 6.45) is 0. The van der Waals surface area contributed by atoms with Crippen LogP contribution in [0.2, 0.25) is 0 Å². The van der Waals surface area contributed by atoms with E-state index in [4.69, 9.17) is 9.84 Å². The van der Waals surface area contributed by atoms with Gasteiger partial charge in [0.15, 0.2) is 0 Å². The van der Waals surface area contributed by atoms with Crippen molar-refractivity contribution in [3.63, 3.8) is 0 Å². The van der Waals surface area contributed by atoms with Crippen molar-refractivity contribution in [1.82, 2.24) is 9.80 Å². The maximum absolute atomic E-state index is 11.9. The predicted molar refractivity (Wildman–Crippen MR) is 61.7 cm³/mol. The van der Waals surface area contributed by atoms with Crippen molar-refractivity contribution in [3.8, 4) is 0 Å². The van der Waals surface area contributed by atoms with Gasteiger partial charge >= 0.3 is 5.97 Å². The number of likely N-dealkylation sites (N-methyl/N-ethyl adjacent to an activating group) is 1. The van der Waals surface area contributed by atoms with Gasteiger partial charge in [0.2, 0.25) is 5.91 Å². The summed E-state index contributed by atoms with van der Waals surface area (Å²) in [7, 11) is 1.65. The van der Waals surface area contributed by atoms with E-state index in [1.165, 1.54) is 0 Å². The quantitative estimate of drug-likeness (QED) is 0.731. The average Bonchev–Trinajstić information content (AvgIpc) is 2.29. The number of carbonyl (C=O) groups excluding carboxylic acids is 1. The molecule has 1 N–H and O–H groups in total. The van der Waals surface area contributed by atoms with Crippen molar-refractivity contribution < 1.29 is 19.4 Å². The zero-order chi connectivity index (χ0) is 13.1. The first-order chi connectivity index (χ1) is 7.85. The smallest absolute Gasteiger partial charge is 0.323 e. The molecule has 17 heavy (non-hydrogen) atoms. The molecule has 6 nitrogen and oxygen atoms in total. The van der Waals surface area contributed by atoms with Gasteiger partial charge < -0.3 is 14.7 Å². The summed E-state index contributed by atoms with van der Waals surface area (Å²) in [6.45, 7) is 5.55. The van der Waals surface area contributed by atoms with Crippen LogP contribution in [0.15, 0.2) is 0 Å². The molecular weight excluding hydrogens is 224 g/mol. The molecule has 0 spiro atoms. The Labute approximate surface area is 101 Å². The molecule has 0 aliphatic carbocycles. The van der Waals surface area contributed by atoms with E-state index < -0.39 is 11.5 Å². The van der Waals surface area contributed by atoms with Crippen molar-refractivity contribution in [2.45, 2.75) is 19.4 Å². The van der Waals surface area contributed by atoms with Crippen molar-refractivity contribution in [1.29, 1.82) is 0 Å². The molecule has 1 heterocycles. The Morgan fingerprint density at radius 3 is 2.35 bits per heavy atom. The van der Waals surface area contributed by atoms with Crippen LogP contribution in [0.5, 0.6) is 0 Å². The highest BCUT2D eigenvalue weighted by molar-refractivity contribution is 5.81. The molecule has 1 aliphatic heterocycles. The fourth-order valence-electron chi connectivity index (χ4n) is 1.48. The van der Waals surface area contributed by atoms with Crippen LogP contribution < -0.4 is 0 Å². The Kier molecular flexibility index (Phi) is 4.47. The number of ether oxygens (including phenoxy) is 1. The Balaban J connectivity index is 2.53. The van der Waals surface area contributed by atoms with Crippen LogP contribution in [0, 0.1) is 0 Å². The fourth-order valence-corrected chi connectivity index (χ4v) is 1.48. The number of carbonyl (C=O) groups is 2. The second kappa shape index (κ2) is 5.46. The molecule has 1 fully saturated rings. The van der Waals surface area contributed by atoms with E-state index in [1.54, 1.807) is 30.7 Å². The monoisotopic (exact) mass is 244 g/mol. The lowest BCUT2D eigenvalue weighted by Crippen LogP contribution is -2.53. The largest absolute Gasteiger partial charge is 0.480 e. The third-order valence-electron chi connectivity index (χ3n) is 3.21. The number of hydrogen-bond acceptors (Lipinski definition) is 4. The molecule has 0 bridgehead atoms. The number of carboxylic acid groups (broad SMARTS) is 1. The second-order valence-electron chi connectivity index (χ2n) is 4.71. The summed E-state index contributed by atoms with van der Waals surface area (Å²) < 4.78 is 5.16. The number of carboxylic acids is 1. The molecule has 0 atom stereocenters. The lowest BCUT2D eigenvalue weighted by atomic mass is 10.0. The van der Waals surface area contributed by atoms with Gasteiger partial charge in [0, 0.05) is 13.1 Å². The third kappa shape index (κ3) is 3.41. The van der Waals surface area contributed by atoms with Crippen LogP contribution in [0.25, 0.3) is 0 Å². The van der Waals surface area contributed by atoms with Crippen LogP contribution in [-0.4, -0.2) is 72.2 Å². The molecule has 1 saturated heterocycles. The van der Waals surface area contributed by atoms with Gasteiger partial charge in [-0.1, -0.05) is 0 Å². The summed E-state index contributed by atoms with van der Waals surface area (Å²) in [4.78, 5) is 26.2. The predicted octanol–water partition coefficient (Wildman–Crippen LogP) is -0.360. The summed E-state index contributed by atoms with van der Waals surface area (Å²) >= 11 is 0. The molecule has 0 aromatic carbocycles. The third-order valence-corrected chi connectivity index (χ3v) is 3.21. The van der Waals surface area contributed by atoms with E-state index in [0.717, 1.165) is 0 Å². The van der Waals surface area contributed by atoms with Crippen molar-refractivity contribution in [2.75, 3.05) is 39.9 Å². The maximum Gasteiger partial charge on any atom is 0.323 e. The highest BCUT2D eigenvalue weighted by Crippen LogP contribution is 2.12. The van der Waals surface area contributed by atoms with Gasteiger partial charge in [0.05, 0.1) is 19.8 Å². The van der Waals surface area contributed by atoms with Gasteiger partial charge in [-0.3, -0.25) is 14.5 Å². The van der Waals surface area contributed by atoms with E-state index in [1.807, 2.05) is 0 Å². The van der Waals surface area contributed by atoms with Crippen LogP contribution in [0.3, 0.4) is 0 Å². The van der Waals surface area contributed by atoms with Crippen LogP contribution >= 0.6 is 0 Å². The minimum Gasteiger partial charge on any atom is -0.480 e. The second-order valence-corrected chi connectivity index (χ2v) is 4.71. The molecule has 98 valence electrons. The molecule has 0 saturated carbocycles. The Morgan fingerprint density at radius 1 is 1.35 bits per heavy atom. The van der Waals surface area contributed by atoms with Gasteiger partial charge in [-0.05, 0) is 20.9 Å². The Bertz CT molecular complexity index is 298. The molecule has 0 aromatic heterocycles. The Morgan fingerprint density at radius 2 is 1.88 bits per heavy atom. The van der Waals surface area contributed by atoms with E-state index in [-0.39, 0.29) is 12.5 Å². The van der Waals surface area contributed by atoms with E-state index >= 15 is 0 Å². The first-order valence-electron chi connectivity index (χ1n) is 5.66. The minimum atomic E-state index is -1.04. The number of rotatable bonds is 4. The van der Waals surface area contributed by atoms with Gasteiger partial charge in [-0.2, -0.15) is 0 Å². The van der Waals surface area contributed by atoms with Gasteiger partial charge in [-0.15, -0.1) is 0 Å². The standard InChI is InChI=1S/C11H20N2O4/c1-11(2,10(15)16)12(3)8-9(14)13-4-6-17-7-5-13/h4-8H2,1-3H3,(H,15,16). The molecule has 6 heteroatoms. The Hall–Kier alpha value is -1.14. The maximum atomic E-state index is 11.9. The number of amides is 1. The molecule has 1 rings (SSSR count). The molecule has 0 radical (unpaired) electrons. The number of morpholine rings is 1. The summed E-state index contributed by atoms with van der Waals surface area (Å²) in [6, 6.07) is 0. The van der Waals surface area contributed by atoms with Crippen molar-refractivity contribution in [3.05, 3.63) is 0 Å². The van der Waals surface area contributed by atoms with Crippen molar-refractivity contribution in [2.24, 2.45) is 0 Å². The molecule has 0 aromatic rings. The lowest BCUT2D eigenvalue weighted by molar-refractivity contribution is -0.150. The van der Waals surface area contributed by atoms with Gasteiger partial charge in [0.25, 0.3) is 0 Å². The number of nitrogens with zero attached hydrogens (tertiary/aromatic N) is 2. The molecule has 0 unspecified atom stereocenters. The number of aliphatic carboxylic acids is 1. The number of hydrogen-bond donors (Lipinski definition) is 1. The van der Waals surface area contributed by atoms with Crippen molar-refractivity contribution >= 4 is 11.9 Å². The highest BCUT2D eigenvalue weighted by atomic mass is 16.5. The first-order valence-corrected chi connectivity index (χ1v) is 5.66. The van der Waals surface area contributed by atoms with Crippen LogP contribution in [-0.2, 0) is 14.3 Å². The zero-order valence-corrected chi connectivity index (χ0v) is 10.6. The van der Waals surface area contributed by atoms with Gasteiger partial charge in [-0.25, -0.2) is 0 Å². The SMILES string of the molecule is CN(CC(=O)N1CCOCC1)C(C)(C)C(=O)O. The zero-order valence-electron chi connectivity index (χ0n) is 10.6. The normalized spacial score (nSPS) is 17.3. The minimum absolute atomic E-state index is 0.0508. The summed E-state index contributed by atoms with van der Waals surface area (Å²) in [5.74, 6) is -0.986. The van der Waals surface area contributed by atoms with Crippen LogP contribution in [0.4, 0.5) is 0 Å². The lowest BCUT2D eigenvalue weighted by Gasteiger charge is -2.34. The summed E-state index contributed by atoms with van der Waals surface area (Å²) in [5.41, 5.74) is -1.04. The highest BCUT2D eigenvalue weighted by Gasteiger charge is 2.33. The fraction of sp³-hybridized carbons (Fsp3) is 0.818. The average molecular weight is 244 g/mol.